The van der Waals surface area contributed by atoms with Gasteiger partial charge < -0.3 is 9.64 Å². The predicted molar refractivity (Wildman–Crippen MR) is 114 cm³/mol. The Labute approximate surface area is 173 Å². The number of benzene rings is 2. The van der Waals surface area contributed by atoms with Gasteiger partial charge in [0.2, 0.25) is 0 Å². The topological polar surface area (TPSA) is 12.5 Å². The maximum absolute atomic E-state index is 14.5. The average molecular weight is 402 g/mol. The van der Waals surface area contributed by atoms with Crippen LogP contribution >= 0.6 is 0 Å². The van der Waals surface area contributed by atoms with Crippen LogP contribution in [0.15, 0.2) is 36.4 Å². The summed E-state index contributed by atoms with van der Waals surface area (Å²) < 4.78 is 35.5. The van der Waals surface area contributed by atoms with Crippen molar-refractivity contribution in [2.24, 2.45) is 0 Å². The second-order valence-electron chi connectivity index (χ2n) is 8.18. The molecule has 2 atom stereocenters. The molecule has 1 aliphatic rings. The summed E-state index contributed by atoms with van der Waals surface area (Å²) >= 11 is 0. The highest BCUT2D eigenvalue weighted by atomic mass is 19.1. The van der Waals surface area contributed by atoms with Gasteiger partial charge in [0.15, 0.2) is 0 Å². The van der Waals surface area contributed by atoms with E-state index in [1.54, 1.807) is 0 Å². The number of hydrogen-bond acceptors (Lipinski definition) is 2. The van der Waals surface area contributed by atoms with E-state index in [1.165, 1.54) is 43.9 Å². The van der Waals surface area contributed by atoms with Crippen LogP contribution in [0.4, 0.5) is 8.78 Å². The quantitative estimate of drug-likeness (QED) is 0.514. The summed E-state index contributed by atoms with van der Waals surface area (Å²) in [6, 6.07) is 10.3. The molecule has 1 saturated heterocycles. The van der Waals surface area contributed by atoms with Gasteiger partial charge in [-0.2, -0.15) is 0 Å². The minimum atomic E-state index is -0.618. The average Bonchev–Trinajstić information content (AvgIpc) is 2.95. The summed E-state index contributed by atoms with van der Waals surface area (Å²) in [6.45, 7) is 8.95. The van der Waals surface area contributed by atoms with Crippen molar-refractivity contribution in [1.82, 2.24) is 4.90 Å². The molecule has 0 saturated carbocycles. The third-order valence-corrected chi connectivity index (χ3v) is 6.01. The van der Waals surface area contributed by atoms with Crippen LogP contribution in [-0.2, 0) is 4.74 Å². The molecule has 0 amide bonds. The van der Waals surface area contributed by atoms with Crippen molar-refractivity contribution >= 4 is 0 Å². The summed E-state index contributed by atoms with van der Waals surface area (Å²) in [5.74, 6) is -1.07. The van der Waals surface area contributed by atoms with Crippen molar-refractivity contribution in [2.75, 3.05) is 19.6 Å². The molecular formula is C25H33F2NO. The lowest BCUT2D eigenvalue weighted by Crippen LogP contribution is -2.32. The molecule has 0 N–H and O–H groups in total. The second kappa shape index (κ2) is 10.3. The first-order valence-corrected chi connectivity index (χ1v) is 10.9. The van der Waals surface area contributed by atoms with Crippen LogP contribution < -0.4 is 0 Å². The minimum absolute atomic E-state index is 0.0436. The van der Waals surface area contributed by atoms with Gasteiger partial charge in [0.05, 0.1) is 17.8 Å². The molecule has 0 aliphatic carbocycles. The number of halogens is 2. The van der Waals surface area contributed by atoms with E-state index in [1.807, 2.05) is 13.0 Å². The zero-order valence-corrected chi connectivity index (χ0v) is 17.9. The van der Waals surface area contributed by atoms with Crippen LogP contribution in [0.3, 0.4) is 0 Å². The molecular weight excluding hydrogens is 368 g/mol. The Morgan fingerprint density at radius 3 is 1.93 bits per heavy atom. The fourth-order valence-corrected chi connectivity index (χ4v) is 4.48. The molecule has 0 aromatic heterocycles. The largest absolute Gasteiger partial charge is 0.364 e. The molecule has 1 heterocycles. The van der Waals surface area contributed by atoms with Crippen molar-refractivity contribution in [3.8, 4) is 0 Å². The van der Waals surface area contributed by atoms with Gasteiger partial charge in [-0.1, -0.05) is 44.0 Å². The fourth-order valence-electron chi connectivity index (χ4n) is 4.48. The SMILES string of the molecule is CCC(OC(CN1CCCCCC1)c1c(C)cccc1C)c1c(F)cccc1F. The molecule has 158 valence electrons. The third-order valence-electron chi connectivity index (χ3n) is 6.01. The zero-order valence-electron chi connectivity index (χ0n) is 17.9. The van der Waals surface area contributed by atoms with Crippen molar-refractivity contribution in [3.05, 3.63) is 70.3 Å². The molecule has 0 bridgehead atoms. The highest BCUT2D eigenvalue weighted by Gasteiger charge is 2.27. The summed E-state index contributed by atoms with van der Waals surface area (Å²) in [5, 5.41) is 0. The number of likely N-dealkylation sites (tertiary alicyclic amines) is 1. The van der Waals surface area contributed by atoms with Crippen LogP contribution in [0, 0.1) is 25.5 Å². The van der Waals surface area contributed by atoms with Crippen LogP contribution in [0.25, 0.3) is 0 Å². The lowest BCUT2D eigenvalue weighted by Gasteiger charge is -2.32. The molecule has 29 heavy (non-hydrogen) atoms. The molecule has 0 radical (unpaired) electrons. The summed E-state index contributed by atoms with van der Waals surface area (Å²) in [4.78, 5) is 2.45. The van der Waals surface area contributed by atoms with Gasteiger partial charge in [-0.25, -0.2) is 8.78 Å². The van der Waals surface area contributed by atoms with Crippen molar-refractivity contribution in [2.45, 2.75) is 65.1 Å². The van der Waals surface area contributed by atoms with Crippen molar-refractivity contribution in [3.63, 3.8) is 0 Å². The number of aryl methyl sites for hydroxylation is 2. The van der Waals surface area contributed by atoms with Gasteiger partial charge in [-0.05, 0) is 75.0 Å². The smallest absolute Gasteiger partial charge is 0.131 e. The van der Waals surface area contributed by atoms with Crippen LogP contribution in [0.2, 0.25) is 0 Å². The van der Waals surface area contributed by atoms with E-state index in [9.17, 15) is 8.78 Å². The van der Waals surface area contributed by atoms with E-state index in [2.05, 4.69) is 30.9 Å². The van der Waals surface area contributed by atoms with Crippen LogP contribution in [0.1, 0.15) is 73.5 Å². The van der Waals surface area contributed by atoms with E-state index in [4.69, 9.17) is 4.74 Å². The molecule has 2 unspecified atom stereocenters. The maximum atomic E-state index is 14.5. The Kier molecular flexibility index (Phi) is 7.79. The first kappa shape index (κ1) is 21.9. The predicted octanol–water partition coefficient (Wildman–Crippen LogP) is 6.67. The Balaban J connectivity index is 1.93. The fraction of sp³-hybridized carbons (Fsp3) is 0.520. The molecule has 4 heteroatoms. The monoisotopic (exact) mass is 401 g/mol. The number of ether oxygens (including phenoxy) is 1. The third kappa shape index (κ3) is 5.43. The van der Waals surface area contributed by atoms with Gasteiger partial charge in [-0.3, -0.25) is 0 Å². The molecule has 2 aromatic carbocycles. The molecule has 1 fully saturated rings. The van der Waals surface area contributed by atoms with Gasteiger partial charge in [-0.15, -0.1) is 0 Å². The van der Waals surface area contributed by atoms with Crippen molar-refractivity contribution < 1.29 is 13.5 Å². The highest BCUT2D eigenvalue weighted by Crippen LogP contribution is 2.35. The highest BCUT2D eigenvalue weighted by molar-refractivity contribution is 5.36. The Hall–Kier alpha value is -1.78. The normalized spacial score (nSPS) is 17.7. The summed E-state index contributed by atoms with van der Waals surface area (Å²) in [6.07, 6.45) is 4.59. The molecule has 3 rings (SSSR count). The van der Waals surface area contributed by atoms with E-state index in [0.717, 1.165) is 36.3 Å². The maximum Gasteiger partial charge on any atom is 0.131 e. The van der Waals surface area contributed by atoms with E-state index in [-0.39, 0.29) is 11.7 Å². The molecule has 2 nitrogen and oxygen atoms in total. The van der Waals surface area contributed by atoms with E-state index < -0.39 is 17.7 Å². The summed E-state index contributed by atoms with van der Waals surface area (Å²) in [5.41, 5.74) is 3.51. The number of rotatable bonds is 7. The van der Waals surface area contributed by atoms with Gasteiger partial charge in [0.1, 0.15) is 11.6 Å². The summed E-state index contributed by atoms with van der Waals surface area (Å²) in [7, 11) is 0. The first-order valence-electron chi connectivity index (χ1n) is 10.9. The van der Waals surface area contributed by atoms with Crippen LogP contribution in [-0.4, -0.2) is 24.5 Å². The lowest BCUT2D eigenvalue weighted by molar-refractivity contribution is -0.0374. The van der Waals surface area contributed by atoms with Crippen molar-refractivity contribution in [1.29, 1.82) is 0 Å². The molecule has 1 aliphatic heterocycles. The standard InChI is InChI=1S/C25H33F2NO/c1-4-22(25-20(26)13-10-14-21(25)27)29-23(17-28-15-7-5-6-8-16-28)24-18(2)11-9-12-19(24)3/h9-14,22-23H,4-8,15-17H2,1-3H3. The van der Waals surface area contributed by atoms with Gasteiger partial charge >= 0.3 is 0 Å². The first-order chi connectivity index (χ1) is 14.0. The minimum Gasteiger partial charge on any atom is -0.364 e. The number of hydrogen-bond donors (Lipinski definition) is 0. The lowest BCUT2D eigenvalue weighted by atomic mass is 9.96. The Morgan fingerprint density at radius 2 is 1.38 bits per heavy atom. The molecule has 2 aromatic rings. The Morgan fingerprint density at radius 1 is 0.828 bits per heavy atom. The van der Waals surface area contributed by atoms with E-state index >= 15 is 0 Å². The number of nitrogens with zero attached hydrogens (tertiary/aromatic N) is 1. The van der Waals surface area contributed by atoms with Crippen LogP contribution in [0.5, 0.6) is 0 Å². The van der Waals surface area contributed by atoms with Gasteiger partial charge in [0, 0.05) is 6.54 Å². The molecule has 0 spiro atoms. The second-order valence-corrected chi connectivity index (χ2v) is 8.18. The van der Waals surface area contributed by atoms with Gasteiger partial charge in [0.25, 0.3) is 0 Å². The zero-order chi connectivity index (χ0) is 20.8. The Bertz CT molecular complexity index is 759. The van der Waals surface area contributed by atoms with E-state index in [0.29, 0.717) is 6.42 Å².